The maximum atomic E-state index is 13.0. The quantitative estimate of drug-likeness (QED) is 0.219. The number of nitrogens with zero attached hydrogens (tertiary/aromatic N) is 5. The van der Waals surface area contributed by atoms with E-state index in [1.165, 1.54) is 28.4 Å². The van der Waals surface area contributed by atoms with Gasteiger partial charge in [0.05, 0.1) is 0 Å². The van der Waals surface area contributed by atoms with Crippen molar-refractivity contribution in [3.63, 3.8) is 0 Å². The second-order valence-electron chi connectivity index (χ2n) is 7.78. The van der Waals surface area contributed by atoms with Crippen LogP contribution in [-0.4, -0.2) is 77.4 Å². The molecule has 0 bridgehead atoms. The smallest absolute Gasteiger partial charge is 0.352 e. The average molecular weight is 562 g/mol. The third kappa shape index (κ3) is 5.94. The highest BCUT2D eigenvalue weighted by Gasteiger charge is 2.54. The number of β-lactam (4-membered cyclic amide) rings is 1. The molecular weight excluding hydrogens is 538 g/mol. The van der Waals surface area contributed by atoms with Crippen molar-refractivity contribution < 1.29 is 24.3 Å². The number of amides is 2. The number of fused-ring (bicyclic) bond motifs is 1. The van der Waals surface area contributed by atoms with Crippen molar-refractivity contribution in [1.29, 1.82) is 0 Å². The Kier molecular flexibility index (Phi) is 8.45. The molecule has 2 aliphatic rings. The largest absolute Gasteiger partial charge is 0.477 e. The first-order valence-corrected chi connectivity index (χ1v) is 13.9. The number of nitrogen functional groups attached to an aromatic ring is 1. The molecule has 0 aliphatic carbocycles. The molecule has 2 aliphatic heterocycles. The summed E-state index contributed by atoms with van der Waals surface area (Å²) in [6.07, 6.45) is 3.65. The zero-order valence-corrected chi connectivity index (χ0v) is 22.2. The molecular formula is C22H23N7O5S3. The third-order valence-electron chi connectivity index (χ3n) is 5.24. The first kappa shape index (κ1) is 26.6. The van der Waals surface area contributed by atoms with Crippen LogP contribution in [0.25, 0.3) is 6.08 Å². The Balaban J connectivity index is 1.44. The number of aliphatic carboxylic acids is 1. The molecule has 2 amide bonds. The van der Waals surface area contributed by atoms with E-state index in [9.17, 15) is 19.5 Å². The monoisotopic (exact) mass is 561 g/mol. The number of anilines is 1. The van der Waals surface area contributed by atoms with Crippen LogP contribution in [0.15, 0.2) is 40.2 Å². The minimum absolute atomic E-state index is 0.0201. The Morgan fingerprint density at radius 3 is 2.89 bits per heavy atom. The lowest BCUT2D eigenvalue weighted by Gasteiger charge is -2.49. The summed E-state index contributed by atoms with van der Waals surface area (Å²) in [6, 6.07) is 2.92. The number of pyridine rings is 1. The fourth-order valence-electron chi connectivity index (χ4n) is 3.50. The minimum Gasteiger partial charge on any atom is -0.477 e. The van der Waals surface area contributed by atoms with Gasteiger partial charge in [0.25, 0.3) is 11.8 Å². The second-order valence-corrected chi connectivity index (χ2v) is 10.6. The van der Waals surface area contributed by atoms with Gasteiger partial charge in [-0.2, -0.15) is 9.36 Å². The van der Waals surface area contributed by atoms with E-state index >= 15 is 0 Å². The van der Waals surface area contributed by atoms with Crippen molar-refractivity contribution in [1.82, 2.24) is 24.6 Å². The van der Waals surface area contributed by atoms with Crippen LogP contribution in [0.4, 0.5) is 5.13 Å². The average Bonchev–Trinajstić information content (AvgIpc) is 3.31. The maximum Gasteiger partial charge on any atom is 0.352 e. The zero-order chi connectivity index (χ0) is 26.5. The highest BCUT2D eigenvalue weighted by molar-refractivity contribution is 8.02. The molecule has 12 nitrogen and oxygen atoms in total. The molecule has 0 radical (unpaired) electrons. The van der Waals surface area contributed by atoms with Gasteiger partial charge in [-0.3, -0.25) is 19.5 Å². The highest BCUT2D eigenvalue weighted by Crippen LogP contribution is 2.41. The van der Waals surface area contributed by atoms with E-state index in [4.69, 9.17) is 10.6 Å². The predicted molar refractivity (Wildman–Crippen MR) is 143 cm³/mol. The van der Waals surface area contributed by atoms with Crippen molar-refractivity contribution in [2.45, 2.75) is 25.3 Å². The Morgan fingerprint density at radius 1 is 1.43 bits per heavy atom. The minimum atomic E-state index is -1.19. The topological polar surface area (TPSA) is 173 Å². The van der Waals surface area contributed by atoms with Crippen molar-refractivity contribution in [3.8, 4) is 0 Å². The van der Waals surface area contributed by atoms with Crippen LogP contribution in [0, 0.1) is 6.92 Å². The van der Waals surface area contributed by atoms with Gasteiger partial charge in [0.2, 0.25) is 11.5 Å². The molecule has 0 spiro atoms. The number of aryl methyl sites for hydroxylation is 1. The predicted octanol–water partition coefficient (Wildman–Crippen LogP) is 1.71. The number of carbonyl (C=O) groups excluding carboxylic acids is 2. The summed E-state index contributed by atoms with van der Waals surface area (Å²) >= 11 is 3.70. The third-order valence-corrected chi connectivity index (χ3v) is 7.96. The van der Waals surface area contributed by atoms with Crippen LogP contribution in [-0.2, 0) is 19.2 Å². The fraction of sp³-hybridized carbons (Fsp3) is 0.318. The number of aromatic nitrogens is 3. The summed E-state index contributed by atoms with van der Waals surface area (Å²) in [5, 5.41) is 17.7. The molecule has 2 aromatic heterocycles. The van der Waals surface area contributed by atoms with E-state index in [1.54, 1.807) is 13.1 Å². The molecule has 4 N–H and O–H groups in total. The molecule has 1 unspecified atom stereocenters. The van der Waals surface area contributed by atoms with Crippen LogP contribution in [0.2, 0.25) is 0 Å². The van der Waals surface area contributed by atoms with Gasteiger partial charge in [0.15, 0.2) is 5.13 Å². The number of carbonyl (C=O) groups is 3. The lowest BCUT2D eigenvalue weighted by molar-refractivity contribution is -0.150. The summed E-state index contributed by atoms with van der Waals surface area (Å²) in [6.45, 7) is 3.81. The number of carboxylic acids is 1. The number of hydrogen-bond donors (Lipinski definition) is 3. The van der Waals surface area contributed by atoms with Gasteiger partial charge in [0, 0.05) is 34.9 Å². The second kappa shape index (κ2) is 11.7. The summed E-state index contributed by atoms with van der Waals surface area (Å²) in [5.74, 6) is -1.64. The standard InChI is InChI=1S/C22H23N7O5S3/c1-3-34-27-14(17-26-22(23)37-28-17)18(30)25-15-19(31)29-16(21(32)33)13(10-36-20(15)29)9-35-7-6-12-5-4-11(2)24-8-12/h4-8,15,20H,3,9-10H2,1-2H3,(H,25,30)(H,32,33)(H2,23,26,28)/b7-6-,27-14?/t15?,20-/m0/s1. The Morgan fingerprint density at radius 2 is 2.24 bits per heavy atom. The van der Waals surface area contributed by atoms with Gasteiger partial charge >= 0.3 is 5.97 Å². The Labute approximate surface area is 224 Å². The number of hydrogen-bond acceptors (Lipinski definition) is 12. The van der Waals surface area contributed by atoms with E-state index < -0.39 is 29.2 Å². The van der Waals surface area contributed by atoms with Crippen molar-refractivity contribution >= 4 is 69.8 Å². The zero-order valence-electron chi connectivity index (χ0n) is 19.8. The summed E-state index contributed by atoms with van der Waals surface area (Å²) < 4.78 is 3.98. The lowest BCUT2D eigenvalue weighted by atomic mass is 10.0. The number of rotatable bonds is 10. The van der Waals surface area contributed by atoms with Crippen molar-refractivity contribution in [2.24, 2.45) is 5.16 Å². The molecule has 1 fully saturated rings. The molecule has 2 aromatic rings. The molecule has 4 rings (SSSR count). The van der Waals surface area contributed by atoms with Crippen LogP contribution in [0.1, 0.15) is 24.0 Å². The van der Waals surface area contributed by atoms with E-state index in [-0.39, 0.29) is 29.0 Å². The number of thioether (sulfide) groups is 2. The molecule has 4 heterocycles. The molecule has 1 saturated heterocycles. The van der Waals surface area contributed by atoms with Crippen LogP contribution < -0.4 is 11.1 Å². The molecule has 0 saturated carbocycles. The van der Waals surface area contributed by atoms with Crippen molar-refractivity contribution in [3.05, 3.63) is 52.1 Å². The van der Waals surface area contributed by atoms with E-state index in [0.29, 0.717) is 17.1 Å². The van der Waals surface area contributed by atoms with Crippen molar-refractivity contribution in [2.75, 3.05) is 23.8 Å². The number of oxime groups is 1. The molecule has 15 heteroatoms. The number of nitrogens with two attached hydrogens (primary N) is 1. The van der Waals surface area contributed by atoms with Gasteiger partial charge in [-0.15, -0.1) is 23.5 Å². The van der Waals surface area contributed by atoms with Gasteiger partial charge in [-0.05, 0) is 42.5 Å². The first-order valence-electron chi connectivity index (χ1n) is 11.0. The molecule has 0 aromatic carbocycles. The van der Waals surface area contributed by atoms with E-state index in [0.717, 1.165) is 22.8 Å². The lowest BCUT2D eigenvalue weighted by Crippen LogP contribution is -2.71. The summed E-state index contributed by atoms with van der Waals surface area (Å²) in [4.78, 5) is 52.4. The normalized spacial score (nSPS) is 19.6. The summed E-state index contributed by atoms with van der Waals surface area (Å²) in [7, 11) is 0. The van der Waals surface area contributed by atoms with Gasteiger partial charge in [0.1, 0.15) is 23.7 Å². The van der Waals surface area contributed by atoms with Crippen LogP contribution in [0.3, 0.4) is 0 Å². The van der Waals surface area contributed by atoms with Crippen LogP contribution in [0.5, 0.6) is 0 Å². The summed E-state index contributed by atoms with van der Waals surface area (Å²) in [5.41, 5.74) is 7.83. The molecule has 194 valence electrons. The highest BCUT2D eigenvalue weighted by atomic mass is 32.2. The fourth-order valence-corrected chi connectivity index (χ4v) is 6.20. The van der Waals surface area contributed by atoms with Gasteiger partial charge in [-0.1, -0.05) is 11.2 Å². The van der Waals surface area contributed by atoms with Gasteiger partial charge in [-0.25, -0.2) is 4.79 Å². The van der Waals surface area contributed by atoms with E-state index in [2.05, 4.69) is 24.8 Å². The van der Waals surface area contributed by atoms with Gasteiger partial charge < -0.3 is 21.0 Å². The van der Waals surface area contributed by atoms with E-state index in [1.807, 2.05) is 30.5 Å². The molecule has 37 heavy (non-hydrogen) atoms. The number of nitrogens with one attached hydrogen (secondary N) is 1. The molecule has 2 atom stereocenters. The first-order chi connectivity index (χ1) is 17.8. The van der Waals surface area contributed by atoms with Crippen LogP contribution >= 0.6 is 35.1 Å². The SMILES string of the molecule is CCON=C(C(=O)NC1C(=O)N2C(C(=O)O)=C(CS/C=C\c3ccc(C)nc3)CS[C@@H]12)c1nsc(N)n1. The Hall–Kier alpha value is -3.43. The maximum absolute atomic E-state index is 13.0. The Bertz CT molecular complexity index is 1290. The number of carboxylic acid groups (broad SMARTS) is 1.